The van der Waals surface area contributed by atoms with Crippen LogP contribution in [-0.2, 0) is 28.6 Å². The molecule has 6 nitrogen and oxygen atoms in total. The zero-order chi connectivity index (χ0) is 55.0. The van der Waals surface area contributed by atoms with E-state index in [1.807, 2.05) is 12.2 Å². The van der Waals surface area contributed by atoms with Gasteiger partial charge in [-0.15, -0.1) is 0 Å². The summed E-state index contributed by atoms with van der Waals surface area (Å²) in [6.07, 6.45) is 92.1. The van der Waals surface area contributed by atoms with Gasteiger partial charge in [-0.2, -0.15) is 0 Å². The first kappa shape index (κ1) is 70.8. The van der Waals surface area contributed by atoms with Crippen LogP contribution in [0.25, 0.3) is 0 Å². The van der Waals surface area contributed by atoms with Crippen LogP contribution >= 0.6 is 0 Å². The van der Waals surface area contributed by atoms with Crippen molar-refractivity contribution in [2.24, 2.45) is 0 Å². The molecular formula is C70H108O6. The van der Waals surface area contributed by atoms with Crippen LogP contribution in [0.4, 0.5) is 0 Å². The Morgan fingerprint density at radius 1 is 0.276 bits per heavy atom. The van der Waals surface area contributed by atoms with E-state index in [9.17, 15) is 14.4 Å². The highest BCUT2D eigenvalue weighted by Crippen LogP contribution is 2.12. The highest BCUT2D eigenvalue weighted by atomic mass is 16.6. The molecule has 0 N–H and O–H groups in total. The fraction of sp³-hybridized carbons (Fsp3) is 0.557. The number of rotatable bonds is 52. The van der Waals surface area contributed by atoms with Crippen molar-refractivity contribution in [1.29, 1.82) is 0 Å². The van der Waals surface area contributed by atoms with Gasteiger partial charge in [0.05, 0.1) is 0 Å². The third kappa shape index (κ3) is 59.6. The van der Waals surface area contributed by atoms with Crippen molar-refractivity contribution in [3.05, 3.63) is 170 Å². The number of hydrogen-bond donors (Lipinski definition) is 0. The summed E-state index contributed by atoms with van der Waals surface area (Å²) < 4.78 is 16.8. The molecule has 0 aliphatic rings. The van der Waals surface area contributed by atoms with Gasteiger partial charge in [0.2, 0.25) is 0 Å². The lowest BCUT2D eigenvalue weighted by molar-refractivity contribution is -0.166. The van der Waals surface area contributed by atoms with Crippen molar-refractivity contribution >= 4 is 17.9 Å². The summed E-state index contributed by atoms with van der Waals surface area (Å²) in [5, 5.41) is 0. The molecule has 6 heteroatoms. The molecule has 0 aromatic heterocycles. The van der Waals surface area contributed by atoms with Crippen LogP contribution in [0.15, 0.2) is 170 Å². The zero-order valence-electron chi connectivity index (χ0n) is 48.4. The van der Waals surface area contributed by atoms with Crippen LogP contribution < -0.4 is 0 Å². The Labute approximate surface area is 466 Å². The van der Waals surface area contributed by atoms with E-state index in [4.69, 9.17) is 14.2 Å². The van der Waals surface area contributed by atoms with Crippen LogP contribution in [0.3, 0.4) is 0 Å². The maximum absolute atomic E-state index is 12.9. The minimum Gasteiger partial charge on any atom is -0.462 e. The summed E-state index contributed by atoms with van der Waals surface area (Å²) >= 11 is 0. The Balaban J connectivity index is 4.60. The lowest BCUT2D eigenvalue weighted by Crippen LogP contribution is -2.30. The summed E-state index contributed by atoms with van der Waals surface area (Å²) in [5.41, 5.74) is 0. The highest BCUT2D eigenvalue weighted by molar-refractivity contribution is 5.71. The molecule has 424 valence electrons. The van der Waals surface area contributed by atoms with Crippen LogP contribution in [0.5, 0.6) is 0 Å². The zero-order valence-corrected chi connectivity index (χ0v) is 48.4. The van der Waals surface area contributed by atoms with E-state index in [-0.39, 0.29) is 31.6 Å². The molecule has 0 aromatic carbocycles. The van der Waals surface area contributed by atoms with Gasteiger partial charge in [0.25, 0.3) is 0 Å². The van der Waals surface area contributed by atoms with Gasteiger partial charge in [0.15, 0.2) is 6.10 Å². The predicted molar refractivity (Wildman–Crippen MR) is 329 cm³/mol. The smallest absolute Gasteiger partial charge is 0.306 e. The number of hydrogen-bond acceptors (Lipinski definition) is 6. The Bertz CT molecular complexity index is 1770. The average Bonchev–Trinajstić information content (AvgIpc) is 3.42. The molecule has 76 heavy (non-hydrogen) atoms. The minimum absolute atomic E-state index is 0.132. The lowest BCUT2D eigenvalue weighted by atomic mass is 10.1. The molecule has 1 unspecified atom stereocenters. The van der Waals surface area contributed by atoms with Crippen molar-refractivity contribution in [3.63, 3.8) is 0 Å². The average molecular weight is 1050 g/mol. The van der Waals surface area contributed by atoms with Crippen LogP contribution in [0, 0.1) is 0 Å². The molecule has 0 heterocycles. The van der Waals surface area contributed by atoms with Gasteiger partial charge in [0.1, 0.15) is 13.2 Å². The molecule has 0 bridgehead atoms. The lowest BCUT2D eigenvalue weighted by Gasteiger charge is -2.18. The number of esters is 3. The number of carbonyl (C=O) groups excluding carboxylic acids is 3. The van der Waals surface area contributed by atoms with Gasteiger partial charge < -0.3 is 14.2 Å². The Kier molecular flexibility index (Phi) is 58.0. The van der Waals surface area contributed by atoms with Gasteiger partial charge in [-0.25, -0.2) is 0 Å². The monoisotopic (exact) mass is 1040 g/mol. The molecular weight excluding hydrogens is 937 g/mol. The van der Waals surface area contributed by atoms with E-state index in [0.717, 1.165) is 154 Å². The summed E-state index contributed by atoms with van der Waals surface area (Å²) in [6.45, 7) is 6.28. The number of allylic oxidation sites excluding steroid dienone is 28. The SMILES string of the molecule is CC/C=C\C/C=C\C/C=C\C/C=C\C/C=C\C/C=C\CCCCCCC(=O)OCC(COC(=O)CCCCCCC/C=C\C/C=C\CCCCCC)OC(=O)CC/C=C\C/C=C\C/C=C\C/C=C\C/C=C\C/C=C\CC. The maximum Gasteiger partial charge on any atom is 0.306 e. The van der Waals surface area contributed by atoms with E-state index < -0.39 is 12.1 Å². The summed E-state index contributed by atoms with van der Waals surface area (Å²) in [5.74, 6) is -1.06. The molecule has 0 amide bonds. The number of carbonyl (C=O) groups is 3. The molecule has 0 spiro atoms. The first-order valence-corrected chi connectivity index (χ1v) is 30.1. The second-order valence-corrected chi connectivity index (χ2v) is 19.1. The second-order valence-electron chi connectivity index (χ2n) is 19.1. The molecule has 0 aliphatic carbocycles. The van der Waals surface area contributed by atoms with Gasteiger partial charge in [0, 0.05) is 19.3 Å². The fourth-order valence-corrected chi connectivity index (χ4v) is 7.50. The summed E-state index contributed by atoms with van der Waals surface area (Å²) in [6, 6.07) is 0. The van der Waals surface area contributed by atoms with Gasteiger partial charge in [-0.1, -0.05) is 242 Å². The topological polar surface area (TPSA) is 78.9 Å². The van der Waals surface area contributed by atoms with Crippen LogP contribution in [0.2, 0.25) is 0 Å². The van der Waals surface area contributed by atoms with E-state index in [2.05, 4.69) is 179 Å². The molecule has 0 aliphatic heterocycles. The summed E-state index contributed by atoms with van der Waals surface area (Å²) in [4.78, 5) is 38.2. The molecule has 0 fully saturated rings. The Morgan fingerprint density at radius 3 is 0.855 bits per heavy atom. The van der Waals surface area contributed by atoms with Crippen LogP contribution in [0.1, 0.15) is 233 Å². The third-order valence-electron chi connectivity index (χ3n) is 11.9. The fourth-order valence-electron chi connectivity index (χ4n) is 7.50. The van der Waals surface area contributed by atoms with E-state index in [1.165, 1.54) is 32.1 Å². The van der Waals surface area contributed by atoms with Crippen molar-refractivity contribution in [3.8, 4) is 0 Å². The number of unbranched alkanes of at least 4 members (excludes halogenated alkanes) is 13. The first-order chi connectivity index (χ1) is 37.5. The van der Waals surface area contributed by atoms with E-state index in [1.54, 1.807) is 0 Å². The maximum atomic E-state index is 12.9. The molecule has 0 rings (SSSR count). The quantitative estimate of drug-likeness (QED) is 0.0261. The van der Waals surface area contributed by atoms with Crippen molar-refractivity contribution in [2.75, 3.05) is 13.2 Å². The highest BCUT2D eigenvalue weighted by Gasteiger charge is 2.19. The molecule has 0 saturated heterocycles. The van der Waals surface area contributed by atoms with E-state index >= 15 is 0 Å². The normalized spacial score (nSPS) is 13.4. The standard InChI is InChI=1S/C70H108O6/c1-4-7-10-13-16-19-22-25-28-31-33-34-35-36-38-39-42-45-48-51-54-57-60-63-69(72)75-66-67(65-74-68(71)62-59-56-53-50-47-44-41-30-27-24-21-18-15-12-9-6-3)76-70(73)64-61-58-55-52-49-46-43-40-37-32-29-26-23-20-17-14-11-8-5-2/h7-8,10-11,16-17,19-21,24-26,28-30,33-34,36-38,40-42,45-46,49,55,58,67H,4-6,9,12-15,18,22-23,27,31-32,35,39,43-44,47-48,50-54,56-57,59-66H2,1-3H3/b10-7-,11-8-,19-16-,20-17-,24-21-,28-25-,29-26-,34-33-,38-36-,40-37-,41-30-,45-42-,49-46-,58-55-. The number of ether oxygens (including phenoxy) is 3. The first-order valence-electron chi connectivity index (χ1n) is 30.1. The van der Waals surface area contributed by atoms with Gasteiger partial charge in [-0.05, 0) is 141 Å². The third-order valence-corrected chi connectivity index (χ3v) is 11.9. The molecule has 0 radical (unpaired) electrons. The minimum atomic E-state index is -0.846. The Morgan fingerprint density at radius 2 is 0.539 bits per heavy atom. The largest absolute Gasteiger partial charge is 0.462 e. The van der Waals surface area contributed by atoms with Crippen molar-refractivity contribution in [1.82, 2.24) is 0 Å². The molecule has 0 saturated carbocycles. The van der Waals surface area contributed by atoms with Crippen molar-refractivity contribution in [2.45, 2.75) is 239 Å². The summed E-state index contributed by atoms with van der Waals surface area (Å²) in [7, 11) is 0. The van der Waals surface area contributed by atoms with Crippen molar-refractivity contribution < 1.29 is 28.6 Å². The van der Waals surface area contributed by atoms with Gasteiger partial charge in [-0.3, -0.25) is 14.4 Å². The van der Waals surface area contributed by atoms with Gasteiger partial charge >= 0.3 is 17.9 Å². The predicted octanol–water partition coefficient (Wildman–Crippen LogP) is 20.7. The second kappa shape index (κ2) is 62.3. The van der Waals surface area contributed by atoms with E-state index in [0.29, 0.717) is 19.3 Å². The Hall–Kier alpha value is -5.23. The molecule has 0 aromatic rings. The van der Waals surface area contributed by atoms with Crippen LogP contribution in [-0.4, -0.2) is 37.2 Å². The molecule has 1 atom stereocenters.